The number of hydrogen-bond donors (Lipinski definition) is 0. The Bertz CT molecular complexity index is 1150. The molecule has 0 radical (unpaired) electrons. The second-order valence-corrected chi connectivity index (χ2v) is 12.5. The first-order valence-corrected chi connectivity index (χ1v) is 14.8. The van der Waals surface area contributed by atoms with Gasteiger partial charge in [-0.15, -0.1) is 5.10 Å². The number of anilines is 1. The van der Waals surface area contributed by atoms with Gasteiger partial charge in [-0.3, -0.25) is 9.69 Å². The van der Waals surface area contributed by atoms with E-state index in [1.54, 1.807) is 11.1 Å². The van der Waals surface area contributed by atoms with E-state index in [2.05, 4.69) is 52.8 Å². The summed E-state index contributed by atoms with van der Waals surface area (Å²) < 4.78 is 20.5. The van der Waals surface area contributed by atoms with E-state index in [4.69, 9.17) is 4.74 Å². The van der Waals surface area contributed by atoms with Crippen molar-refractivity contribution < 1.29 is 13.9 Å². The van der Waals surface area contributed by atoms with Crippen molar-refractivity contribution in [1.29, 1.82) is 0 Å². The molecule has 1 spiro atoms. The maximum absolute atomic E-state index is 14.2. The van der Waals surface area contributed by atoms with E-state index in [1.165, 1.54) is 31.0 Å². The lowest BCUT2D eigenvalue weighted by molar-refractivity contribution is -0.0343. The van der Waals surface area contributed by atoms with Gasteiger partial charge >= 0.3 is 0 Å². The zero-order chi connectivity index (χ0) is 29.0. The molecule has 2 aliphatic rings. The molecule has 8 nitrogen and oxygen atoms in total. The van der Waals surface area contributed by atoms with Crippen LogP contribution in [0.2, 0.25) is 0 Å². The van der Waals surface area contributed by atoms with Gasteiger partial charge in [-0.05, 0) is 90.9 Å². The number of hydrogen-bond acceptors (Lipinski definition) is 7. The van der Waals surface area contributed by atoms with Gasteiger partial charge in [0.25, 0.3) is 11.8 Å². The van der Waals surface area contributed by atoms with Crippen LogP contribution in [0.3, 0.4) is 0 Å². The van der Waals surface area contributed by atoms with E-state index in [-0.39, 0.29) is 28.7 Å². The second-order valence-electron chi connectivity index (χ2n) is 12.5. The molecule has 1 atom stereocenters. The maximum Gasteiger partial charge on any atom is 0.262 e. The lowest BCUT2D eigenvalue weighted by atomic mass is 9.76. The molecule has 0 N–H and O–H groups in total. The Hall–Kier alpha value is -2.78. The maximum atomic E-state index is 14.2. The van der Waals surface area contributed by atoms with Gasteiger partial charge in [-0.2, -0.15) is 5.10 Å². The number of halogens is 1. The summed E-state index contributed by atoms with van der Waals surface area (Å²) in [5.74, 6) is 0.513. The highest BCUT2D eigenvalue weighted by Gasteiger charge is 2.50. The van der Waals surface area contributed by atoms with Crippen LogP contribution in [-0.2, 0) is 0 Å². The number of carbonyl (C=O) groups excluding carboxylic acids is 1. The molecule has 2 saturated heterocycles. The van der Waals surface area contributed by atoms with Gasteiger partial charge in [0.15, 0.2) is 0 Å². The summed E-state index contributed by atoms with van der Waals surface area (Å²) in [7, 11) is 4.28. The minimum absolute atomic E-state index is 0.0215. The van der Waals surface area contributed by atoms with E-state index in [9.17, 15) is 9.18 Å². The Kier molecular flexibility index (Phi) is 9.67. The first-order chi connectivity index (χ1) is 19.0. The van der Waals surface area contributed by atoms with Crippen molar-refractivity contribution in [3.05, 3.63) is 41.8 Å². The highest BCUT2D eigenvalue weighted by Crippen LogP contribution is 2.45. The Labute approximate surface area is 239 Å². The van der Waals surface area contributed by atoms with E-state index in [0.29, 0.717) is 24.4 Å². The summed E-state index contributed by atoms with van der Waals surface area (Å²) in [6, 6.07) is 6.58. The molecule has 0 saturated carbocycles. The van der Waals surface area contributed by atoms with Crippen LogP contribution in [0.1, 0.15) is 64.2 Å². The Morgan fingerprint density at radius 1 is 1.15 bits per heavy atom. The first kappa shape index (κ1) is 30.2. The molecule has 2 fully saturated rings. The van der Waals surface area contributed by atoms with Gasteiger partial charge < -0.3 is 19.4 Å². The molecule has 2 aliphatic heterocycles. The first-order valence-electron chi connectivity index (χ1n) is 14.8. The Balaban J connectivity index is 1.47. The lowest BCUT2D eigenvalue weighted by Gasteiger charge is -2.53. The molecule has 1 aromatic heterocycles. The number of aromatic nitrogens is 2. The van der Waals surface area contributed by atoms with Crippen LogP contribution in [0.15, 0.2) is 30.5 Å². The summed E-state index contributed by atoms with van der Waals surface area (Å²) in [4.78, 5) is 22.3. The van der Waals surface area contributed by atoms with E-state index < -0.39 is 5.82 Å². The summed E-state index contributed by atoms with van der Waals surface area (Å²) in [6.45, 7) is 16.2. The predicted octanol–water partition coefficient (Wildman–Crippen LogP) is 5.16. The number of carbonyl (C=O) groups is 1. The normalized spacial score (nSPS) is 17.6. The van der Waals surface area contributed by atoms with Crippen molar-refractivity contribution in [1.82, 2.24) is 24.9 Å². The fourth-order valence-corrected chi connectivity index (χ4v) is 6.39. The van der Waals surface area contributed by atoms with Crippen molar-refractivity contribution in [2.24, 2.45) is 11.3 Å². The summed E-state index contributed by atoms with van der Waals surface area (Å²) in [5, 5.41) is 8.37. The van der Waals surface area contributed by atoms with Crippen LogP contribution >= 0.6 is 0 Å². The second kappa shape index (κ2) is 12.8. The number of benzene rings is 1. The molecule has 1 amide bonds. The molecule has 1 unspecified atom stereocenters. The molecule has 0 aliphatic carbocycles. The van der Waals surface area contributed by atoms with Crippen LogP contribution in [0.5, 0.6) is 11.6 Å². The van der Waals surface area contributed by atoms with Crippen molar-refractivity contribution in [3.63, 3.8) is 0 Å². The minimum Gasteiger partial charge on any atom is -0.435 e. The monoisotopic (exact) mass is 554 g/mol. The van der Waals surface area contributed by atoms with E-state index >= 15 is 0 Å². The number of ether oxygens (including phenoxy) is 1. The average molecular weight is 555 g/mol. The summed E-state index contributed by atoms with van der Waals surface area (Å²) in [5.41, 5.74) is 1.31. The standard InChI is InChI=1S/C31H47FN6O2/c1-8-38(23(4)5)30(39)25-18-24(32)11-12-28(25)40-29-27(13-15-33-34-29)36-17-14-31(19-36)20-37(21-31)26(22(2)3)10-9-16-35(6)7/h11-13,15,18,22-23,26H,8-10,14,16-17,19-21H2,1-7H3. The van der Waals surface area contributed by atoms with E-state index in [0.717, 1.165) is 44.8 Å². The zero-order valence-electron chi connectivity index (χ0n) is 25.4. The molecule has 9 heteroatoms. The third-order valence-electron chi connectivity index (χ3n) is 8.47. The highest BCUT2D eigenvalue weighted by molar-refractivity contribution is 5.97. The Morgan fingerprint density at radius 3 is 2.55 bits per heavy atom. The van der Waals surface area contributed by atoms with Crippen LogP contribution in [-0.4, -0.2) is 96.3 Å². The Morgan fingerprint density at radius 2 is 1.90 bits per heavy atom. The van der Waals surface area contributed by atoms with Crippen LogP contribution in [0.25, 0.3) is 0 Å². The average Bonchev–Trinajstić information content (AvgIpc) is 3.33. The van der Waals surface area contributed by atoms with Crippen molar-refractivity contribution >= 4 is 11.6 Å². The predicted molar refractivity (Wildman–Crippen MR) is 158 cm³/mol. The number of amides is 1. The van der Waals surface area contributed by atoms with Crippen LogP contribution in [0, 0.1) is 17.2 Å². The summed E-state index contributed by atoms with van der Waals surface area (Å²) in [6.07, 6.45) is 5.24. The molecule has 4 rings (SSSR count). The lowest BCUT2D eigenvalue weighted by Crippen LogP contribution is -2.62. The van der Waals surface area contributed by atoms with Gasteiger partial charge in [-0.25, -0.2) is 4.39 Å². The molecular formula is C31H47FN6O2. The number of nitrogens with zero attached hydrogens (tertiary/aromatic N) is 6. The van der Waals surface area contributed by atoms with Gasteiger partial charge in [-0.1, -0.05) is 13.8 Å². The molecule has 1 aromatic carbocycles. The van der Waals surface area contributed by atoms with Crippen LogP contribution < -0.4 is 9.64 Å². The molecule has 0 bridgehead atoms. The molecule has 220 valence electrons. The fraction of sp³-hybridized carbons (Fsp3) is 0.645. The molecule has 2 aromatic rings. The molecular weight excluding hydrogens is 507 g/mol. The fourth-order valence-electron chi connectivity index (χ4n) is 6.39. The minimum atomic E-state index is -0.479. The number of rotatable bonds is 12. The van der Waals surface area contributed by atoms with Gasteiger partial charge in [0.2, 0.25) is 0 Å². The van der Waals surface area contributed by atoms with Crippen molar-refractivity contribution in [2.45, 2.75) is 66.0 Å². The smallest absolute Gasteiger partial charge is 0.262 e. The van der Waals surface area contributed by atoms with Gasteiger partial charge in [0, 0.05) is 50.2 Å². The van der Waals surface area contributed by atoms with Crippen LogP contribution in [0.4, 0.5) is 10.1 Å². The van der Waals surface area contributed by atoms with E-state index in [1.807, 2.05) is 26.8 Å². The topological polar surface area (TPSA) is 65.0 Å². The zero-order valence-corrected chi connectivity index (χ0v) is 25.4. The SMILES string of the molecule is CCN(C(=O)c1cc(F)ccc1Oc1nnccc1N1CCC2(C1)CN(C(CCCN(C)C)C(C)C)C2)C(C)C. The number of likely N-dealkylation sites (tertiary alicyclic amines) is 1. The third-order valence-corrected chi connectivity index (χ3v) is 8.47. The van der Waals surface area contributed by atoms with Crippen molar-refractivity contribution in [3.8, 4) is 11.6 Å². The van der Waals surface area contributed by atoms with Crippen molar-refractivity contribution in [2.75, 3.05) is 58.3 Å². The molecule has 3 heterocycles. The summed E-state index contributed by atoms with van der Waals surface area (Å²) >= 11 is 0. The van der Waals surface area contributed by atoms with Gasteiger partial charge in [0.1, 0.15) is 17.3 Å². The largest absolute Gasteiger partial charge is 0.435 e. The third kappa shape index (κ3) is 6.74. The quantitative estimate of drug-likeness (QED) is 0.359. The highest BCUT2D eigenvalue weighted by atomic mass is 19.1. The molecule has 40 heavy (non-hydrogen) atoms. The van der Waals surface area contributed by atoms with Gasteiger partial charge in [0.05, 0.1) is 11.8 Å².